The van der Waals surface area contributed by atoms with E-state index in [2.05, 4.69) is 17.6 Å². The molecule has 0 saturated carbocycles. The molecule has 5 nitrogen and oxygen atoms in total. The highest BCUT2D eigenvalue weighted by atomic mass is 16.2. The number of carbonyl (C=O) groups is 3. The van der Waals surface area contributed by atoms with Crippen LogP contribution in [0.15, 0.2) is 60.9 Å². The number of carbonyl (C=O) groups excluding carboxylic acids is 3. The average Bonchev–Trinajstić information content (AvgIpc) is 2.81. The zero-order valence-corrected chi connectivity index (χ0v) is 17.4. The first-order valence-electron chi connectivity index (χ1n) is 10.7. The van der Waals surface area contributed by atoms with E-state index in [0.717, 1.165) is 12.8 Å². The van der Waals surface area contributed by atoms with E-state index in [4.69, 9.17) is 0 Å². The fraction of sp³-hybridized carbons (Fsp3) is 0.231. The van der Waals surface area contributed by atoms with E-state index >= 15 is 0 Å². The van der Waals surface area contributed by atoms with Gasteiger partial charge in [-0.2, -0.15) is 4.57 Å². The van der Waals surface area contributed by atoms with Crippen LogP contribution >= 0.6 is 0 Å². The summed E-state index contributed by atoms with van der Waals surface area (Å²) in [6.45, 7) is 1.86. The Kier molecular flexibility index (Phi) is 4.74. The molecule has 0 saturated heterocycles. The Morgan fingerprint density at radius 3 is 2.26 bits per heavy atom. The number of benzene rings is 2. The molecule has 1 N–H and O–H groups in total. The Morgan fingerprint density at radius 2 is 1.52 bits per heavy atom. The molecule has 1 aromatic heterocycles. The van der Waals surface area contributed by atoms with E-state index in [1.165, 1.54) is 24.0 Å². The van der Waals surface area contributed by atoms with Crippen molar-refractivity contribution in [1.82, 2.24) is 0 Å². The van der Waals surface area contributed by atoms with Gasteiger partial charge in [0.2, 0.25) is 6.04 Å². The molecule has 2 aromatic carbocycles. The minimum Gasteiger partial charge on any atom is -0.320 e. The Hall–Kier alpha value is -3.60. The predicted molar refractivity (Wildman–Crippen MR) is 116 cm³/mol. The van der Waals surface area contributed by atoms with Crippen molar-refractivity contribution in [2.24, 2.45) is 0 Å². The summed E-state index contributed by atoms with van der Waals surface area (Å²) in [7, 11) is 0. The lowest BCUT2D eigenvalue weighted by molar-refractivity contribution is -0.706. The van der Waals surface area contributed by atoms with E-state index in [9.17, 15) is 14.4 Å². The van der Waals surface area contributed by atoms with Crippen molar-refractivity contribution in [2.45, 2.75) is 38.6 Å². The van der Waals surface area contributed by atoms with Gasteiger partial charge < -0.3 is 5.32 Å². The second-order valence-corrected chi connectivity index (χ2v) is 8.28. The lowest BCUT2D eigenvalue weighted by Crippen LogP contribution is -2.44. The monoisotopic (exact) mass is 411 g/mol. The van der Waals surface area contributed by atoms with Crippen LogP contribution in [0.5, 0.6) is 0 Å². The molecule has 1 heterocycles. The molecule has 2 aliphatic rings. The Labute approximate surface area is 180 Å². The van der Waals surface area contributed by atoms with Crippen LogP contribution in [0.3, 0.4) is 0 Å². The summed E-state index contributed by atoms with van der Waals surface area (Å²) in [6.07, 6.45) is 8.58. The smallest absolute Gasteiger partial charge is 0.293 e. The summed E-state index contributed by atoms with van der Waals surface area (Å²) in [5.74, 6) is -0.532. The fourth-order valence-corrected chi connectivity index (χ4v) is 4.49. The number of aryl methyl sites for hydroxylation is 2. The quantitative estimate of drug-likeness (QED) is 0.521. The topological polar surface area (TPSA) is 67.1 Å². The molecule has 5 heteroatoms. The zero-order valence-electron chi connectivity index (χ0n) is 17.4. The van der Waals surface area contributed by atoms with Crippen molar-refractivity contribution in [2.75, 3.05) is 5.32 Å². The van der Waals surface area contributed by atoms with Gasteiger partial charge in [-0.25, -0.2) is 0 Å². The van der Waals surface area contributed by atoms with Gasteiger partial charge in [0.25, 0.3) is 5.91 Å². The normalized spacial score (nSPS) is 15.5. The second-order valence-electron chi connectivity index (χ2n) is 8.28. The molecule has 0 unspecified atom stereocenters. The first kappa shape index (κ1) is 19.4. The van der Waals surface area contributed by atoms with E-state index in [1.807, 2.05) is 17.7 Å². The van der Waals surface area contributed by atoms with E-state index < -0.39 is 6.04 Å². The number of ketones is 2. The Morgan fingerprint density at radius 1 is 0.871 bits per heavy atom. The second kappa shape index (κ2) is 7.58. The third kappa shape index (κ3) is 3.36. The highest BCUT2D eigenvalue weighted by Gasteiger charge is 2.30. The van der Waals surface area contributed by atoms with Crippen LogP contribution in [0, 0.1) is 0 Å². The maximum absolute atomic E-state index is 12.9. The van der Waals surface area contributed by atoms with Gasteiger partial charge in [-0.05, 0) is 49.4 Å². The van der Waals surface area contributed by atoms with Gasteiger partial charge in [0.15, 0.2) is 24.0 Å². The first-order chi connectivity index (χ1) is 15.0. The molecule has 2 aliphatic carbocycles. The standard InChI is InChI=1S/C26H22N2O3/c1-16(28-13-12-17-6-2-3-7-18(17)15-28)26(31)27-19-10-11-22-23(14-19)25(30)21-9-5-4-8-20(21)24(22)29/h4-5,8-16H,2-3,6-7H2,1H3/p+1/t16-/m1/s1. The molecule has 0 fully saturated rings. The summed E-state index contributed by atoms with van der Waals surface area (Å²) in [4.78, 5) is 38.6. The van der Waals surface area contributed by atoms with Crippen molar-refractivity contribution >= 4 is 23.2 Å². The maximum atomic E-state index is 12.9. The third-order valence-corrected chi connectivity index (χ3v) is 6.33. The Bertz CT molecular complexity index is 1250. The molecule has 0 aliphatic heterocycles. The molecule has 1 amide bonds. The van der Waals surface area contributed by atoms with E-state index in [1.54, 1.807) is 42.5 Å². The molecule has 31 heavy (non-hydrogen) atoms. The number of hydrogen-bond donors (Lipinski definition) is 1. The molecule has 0 bridgehead atoms. The summed E-state index contributed by atoms with van der Waals surface area (Å²) in [5, 5.41) is 2.91. The number of aromatic nitrogens is 1. The number of fused-ring (bicyclic) bond motifs is 3. The molecule has 0 radical (unpaired) electrons. The van der Waals surface area contributed by atoms with Crippen LogP contribution in [0.1, 0.15) is 68.8 Å². The number of nitrogens with zero attached hydrogens (tertiary/aromatic N) is 1. The van der Waals surface area contributed by atoms with Crippen LogP contribution in [-0.2, 0) is 17.6 Å². The fourth-order valence-electron chi connectivity index (χ4n) is 4.49. The van der Waals surface area contributed by atoms with Gasteiger partial charge in [0.05, 0.1) is 0 Å². The number of nitrogens with one attached hydrogen (secondary N) is 1. The summed E-state index contributed by atoms with van der Waals surface area (Å²) in [6, 6.07) is 13.5. The van der Waals surface area contributed by atoms with Crippen molar-refractivity contribution in [3.8, 4) is 0 Å². The zero-order chi connectivity index (χ0) is 21.5. The largest absolute Gasteiger partial charge is 0.320 e. The summed E-state index contributed by atoms with van der Waals surface area (Å²) >= 11 is 0. The average molecular weight is 411 g/mol. The maximum Gasteiger partial charge on any atom is 0.293 e. The van der Waals surface area contributed by atoms with Crippen molar-refractivity contribution in [3.05, 3.63) is 94.3 Å². The van der Waals surface area contributed by atoms with Crippen LogP contribution < -0.4 is 9.88 Å². The first-order valence-corrected chi connectivity index (χ1v) is 10.7. The molecule has 3 aromatic rings. The summed E-state index contributed by atoms with van der Waals surface area (Å²) in [5.41, 5.74) is 4.72. The molecule has 154 valence electrons. The highest BCUT2D eigenvalue weighted by molar-refractivity contribution is 6.28. The minimum atomic E-state index is -0.402. The van der Waals surface area contributed by atoms with Crippen molar-refractivity contribution < 1.29 is 19.0 Å². The van der Waals surface area contributed by atoms with Gasteiger partial charge in [-0.15, -0.1) is 0 Å². The molecular weight excluding hydrogens is 388 g/mol. The lowest BCUT2D eigenvalue weighted by Gasteiger charge is -2.18. The third-order valence-electron chi connectivity index (χ3n) is 6.33. The van der Waals surface area contributed by atoms with Gasteiger partial charge in [-0.1, -0.05) is 24.3 Å². The Balaban J connectivity index is 1.39. The summed E-state index contributed by atoms with van der Waals surface area (Å²) < 4.78 is 1.93. The lowest BCUT2D eigenvalue weighted by atomic mass is 9.84. The van der Waals surface area contributed by atoms with Gasteiger partial charge in [0.1, 0.15) is 0 Å². The van der Waals surface area contributed by atoms with E-state index in [0.29, 0.717) is 27.9 Å². The van der Waals surface area contributed by atoms with Gasteiger partial charge >= 0.3 is 0 Å². The highest BCUT2D eigenvalue weighted by Crippen LogP contribution is 2.29. The van der Waals surface area contributed by atoms with Crippen molar-refractivity contribution in [3.63, 3.8) is 0 Å². The van der Waals surface area contributed by atoms with Crippen LogP contribution in [-0.4, -0.2) is 17.5 Å². The number of amides is 1. The molecule has 0 spiro atoms. The molecular formula is C26H23N2O3+. The van der Waals surface area contributed by atoms with Crippen LogP contribution in [0.25, 0.3) is 0 Å². The van der Waals surface area contributed by atoms with Crippen LogP contribution in [0.4, 0.5) is 5.69 Å². The van der Waals surface area contributed by atoms with Crippen LogP contribution in [0.2, 0.25) is 0 Å². The molecule has 1 atom stereocenters. The van der Waals surface area contributed by atoms with Gasteiger partial charge in [-0.3, -0.25) is 14.4 Å². The number of hydrogen-bond acceptors (Lipinski definition) is 3. The number of anilines is 1. The SMILES string of the molecule is C[C@H](C(=O)Nc1ccc2c(c1)C(=O)c1ccccc1C2=O)[n+]1ccc2c(c1)CCCC2. The van der Waals surface area contributed by atoms with Gasteiger partial charge in [0, 0.05) is 46.5 Å². The van der Waals surface area contributed by atoms with E-state index in [-0.39, 0.29) is 17.5 Å². The number of rotatable bonds is 3. The van der Waals surface area contributed by atoms with Crippen molar-refractivity contribution in [1.29, 1.82) is 0 Å². The number of pyridine rings is 1. The predicted octanol–water partition coefficient (Wildman–Crippen LogP) is 3.83. The molecule has 5 rings (SSSR count). The minimum absolute atomic E-state index is 0.166.